The van der Waals surface area contributed by atoms with E-state index in [2.05, 4.69) is 20.8 Å². The fourth-order valence-electron chi connectivity index (χ4n) is 2.80. The zero-order valence-electron chi connectivity index (χ0n) is 14.7. The normalized spacial score (nSPS) is 13.0. The minimum atomic E-state index is -0.370. The molecule has 9 nitrogen and oxygen atoms in total. The number of carbonyl (C=O) groups is 3. The molecule has 2 N–H and O–H groups in total. The van der Waals surface area contributed by atoms with E-state index in [4.69, 9.17) is 11.6 Å². The Balaban J connectivity index is 1.65. The lowest BCUT2D eigenvalue weighted by atomic mass is 10.2. The molecule has 1 aliphatic rings. The molecule has 3 amide bonds. The molecule has 0 aliphatic carbocycles. The molecule has 0 bridgehead atoms. The zero-order valence-corrected chi connectivity index (χ0v) is 15.5. The minimum absolute atomic E-state index is 0.160. The van der Waals surface area contributed by atoms with E-state index in [0.717, 1.165) is 0 Å². The van der Waals surface area contributed by atoms with Crippen molar-refractivity contribution in [2.24, 2.45) is 0 Å². The summed E-state index contributed by atoms with van der Waals surface area (Å²) in [6, 6.07) is 6.88. The zero-order chi connectivity index (χ0) is 19.4. The lowest BCUT2D eigenvalue weighted by Gasteiger charge is -2.28. The van der Waals surface area contributed by atoms with Crippen molar-refractivity contribution in [2.45, 2.75) is 20.0 Å². The van der Waals surface area contributed by atoms with Crippen LogP contribution in [0.5, 0.6) is 0 Å². The van der Waals surface area contributed by atoms with Crippen molar-refractivity contribution in [1.82, 2.24) is 30.3 Å². The van der Waals surface area contributed by atoms with Gasteiger partial charge < -0.3 is 20.1 Å². The summed E-state index contributed by atoms with van der Waals surface area (Å²) in [5, 5.41) is 13.7. The molecule has 0 radical (unpaired) electrons. The van der Waals surface area contributed by atoms with Gasteiger partial charge in [-0.3, -0.25) is 14.4 Å². The van der Waals surface area contributed by atoms with Gasteiger partial charge in [-0.05, 0) is 12.1 Å². The van der Waals surface area contributed by atoms with Crippen LogP contribution < -0.4 is 10.6 Å². The number of fused-ring (bicyclic) bond motifs is 1. The molecule has 0 fully saturated rings. The average molecular weight is 391 g/mol. The van der Waals surface area contributed by atoms with E-state index in [9.17, 15) is 14.4 Å². The highest BCUT2D eigenvalue weighted by Gasteiger charge is 2.28. The van der Waals surface area contributed by atoms with Crippen molar-refractivity contribution in [1.29, 1.82) is 0 Å². The Morgan fingerprint density at radius 3 is 2.59 bits per heavy atom. The van der Waals surface area contributed by atoms with Crippen LogP contribution in [0.2, 0.25) is 5.02 Å². The largest absolute Gasteiger partial charge is 0.355 e. The third-order valence-electron chi connectivity index (χ3n) is 4.13. The first kappa shape index (κ1) is 18.8. The van der Waals surface area contributed by atoms with Gasteiger partial charge >= 0.3 is 0 Å². The number of hydrogen-bond acceptors (Lipinski definition) is 5. The van der Waals surface area contributed by atoms with E-state index in [-0.39, 0.29) is 36.6 Å². The molecular weight excluding hydrogens is 372 g/mol. The number of carbonyl (C=O) groups excluding carboxylic acids is 3. The molecule has 0 saturated heterocycles. The molecule has 1 aromatic heterocycles. The van der Waals surface area contributed by atoms with Crippen LogP contribution in [0, 0.1) is 0 Å². The van der Waals surface area contributed by atoms with Gasteiger partial charge in [0.2, 0.25) is 11.7 Å². The van der Waals surface area contributed by atoms with Gasteiger partial charge in [0.05, 0.1) is 17.1 Å². The fraction of sp³-hybridized carbons (Fsp3) is 0.353. The quantitative estimate of drug-likeness (QED) is 0.720. The Hall–Kier alpha value is -2.94. The predicted molar refractivity (Wildman–Crippen MR) is 97.2 cm³/mol. The average Bonchev–Trinajstić information content (AvgIpc) is 3.08. The van der Waals surface area contributed by atoms with Gasteiger partial charge in [0.15, 0.2) is 5.82 Å². The van der Waals surface area contributed by atoms with Gasteiger partial charge in [-0.25, -0.2) is 0 Å². The van der Waals surface area contributed by atoms with E-state index in [1.165, 1.54) is 6.92 Å². The summed E-state index contributed by atoms with van der Waals surface area (Å²) in [6.07, 6.45) is 0. The summed E-state index contributed by atoms with van der Waals surface area (Å²) in [7, 11) is 0. The lowest BCUT2D eigenvalue weighted by Crippen LogP contribution is -2.40. The van der Waals surface area contributed by atoms with E-state index in [1.807, 2.05) is 0 Å². The van der Waals surface area contributed by atoms with Crippen molar-refractivity contribution in [3.05, 3.63) is 46.5 Å². The summed E-state index contributed by atoms with van der Waals surface area (Å²) in [6.45, 7) is 3.11. The van der Waals surface area contributed by atoms with Crippen LogP contribution >= 0.6 is 11.6 Å². The number of amides is 3. The van der Waals surface area contributed by atoms with E-state index in [0.29, 0.717) is 36.0 Å². The molecule has 142 valence electrons. The molecule has 0 atom stereocenters. The van der Waals surface area contributed by atoms with Gasteiger partial charge in [0.25, 0.3) is 11.8 Å². The number of benzene rings is 1. The standard InChI is InChI=1S/C17H19ClN6O3/c1-11(25)19-6-7-20-16(26)15-22-21-14-10-23(8-9-24(14)15)17(27)12-4-2-3-5-13(12)18/h2-5H,6-10H2,1H3,(H,19,25)(H,20,26). The summed E-state index contributed by atoms with van der Waals surface area (Å²) in [4.78, 5) is 37.4. The smallest absolute Gasteiger partial charge is 0.289 e. The number of nitrogens with zero attached hydrogens (tertiary/aromatic N) is 4. The van der Waals surface area contributed by atoms with Crippen molar-refractivity contribution < 1.29 is 14.4 Å². The van der Waals surface area contributed by atoms with Gasteiger partial charge in [0, 0.05) is 33.1 Å². The fourth-order valence-corrected chi connectivity index (χ4v) is 3.01. The second kappa shape index (κ2) is 8.17. The molecule has 2 aromatic rings. The third kappa shape index (κ3) is 4.25. The highest BCUT2D eigenvalue weighted by Crippen LogP contribution is 2.20. The Labute approximate surface area is 160 Å². The third-order valence-corrected chi connectivity index (χ3v) is 4.46. The summed E-state index contributed by atoms with van der Waals surface area (Å²) in [5.41, 5.74) is 0.433. The second-order valence-corrected chi connectivity index (χ2v) is 6.44. The molecule has 1 aromatic carbocycles. The highest BCUT2D eigenvalue weighted by atomic mass is 35.5. The molecule has 2 heterocycles. The van der Waals surface area contributed by atoms with Gasteiger partial charge in [-0.15, -0.1) is 10.2 Å². The Morgan fingerprint density at radius 2 is 1.85 bits per heavy atom. The first-order chi connectivity index (χ1) is 13.0. The molecule has 0 unspecified atom stereocenters. The molecule has 1 aliphatic heterocycles. The molecule has 27 heavy (non-hydrogen) atoms. The number of hydrogen-bond donors (Lipinski definition) is 2. The molecule has 3 rings (SSSR count). The van der Waals surface area contributed by atoms with Gasteiger partial charge in [0.1, 0.15) is 0 Å². The molecule has 0 spiro atoms. The van der Waals surface area contributed by atoms with Crippen LogP contribution in [0.15, 0.2) is 24.3 Å². The SMILES string of the molecule is CC(=O)NCCNC(=O)c1nnc2n1CCN(C(=O)c1ccccc1Cl)C2. The van der Waals surface area contributed by atoms with Crippen molar-refractivity contribution in [2.75, 3.05) is 19.6 Å². The lowest BCUT2D eigenvalue weighted by molar-refractivity contribution is -0.118. The molecular formula is C17H19ClN6O3. The summed E-state index contributed by atoms with van der Waals surface area (Å²) < 4.78 is 1.70. The number of nitrogens with one attached hydrogen (secondary N) is 2. The summed E-state index contributed by atoms with van der Waals surface area (Å²) >= 11 is 6.10. The van der Waals surface area contributed by atoms with E-state index < -0.39 is 0 Å². The molecule has 10 heteroatoms. The van der Waals surface area contributed by atoms with Crippen LogP contribution in [0.3, 0.4) is 0 Å². The molecule has 0 saturated carbocycles. The maximum Gasteiger partial charge on any atom is 0.289 e. The highest BCUT2D eigenvalue weighted by molar-refractivity contribution is 6.33. The second-order valence-electron chi connectivity index (χ2n) is 6.04. The predicted octanol–water partition coefficient (Wildman–Crippen LogP) is 0.453. The number of halogens is 1. The Kier molecular flexibility index (Phi) is 5.70. The van der Waals surface area contributed by atoms with Crippen LogP contribution in [0.1, 0.15) is 33.7 Å². The monoisotopic (exact) mass is 390 g/mol. The van der Waals surface area contributed by atoms with Crippen molar-refractivity contribution in [3.8, 4) is 0 Å². The summed E-state index contributed by atoms with van der Waals surface area (Å²) in [5.74, 6) is 0.0138. The first-order valence-electron chi connectivity index (χ1n) is 8.46. The van der Waals surface area contributed by atoms with Crippen LogP contribution in [0.4, 0.5) is 0 Å². The number of aromatic nitrogens is 3. The Bertz CT molecular complexity index is 881. The first-order valence-corrected chi connectivity index (χ1v) is 8.83. The topological polar surface area (TPSA) is 109 Å². The Morgan fingerprint density at radius 1 is 1.11 bits per heavy atom. The van der Waals surface area contributed by atoms with Crippen LogP contribution in [0.25, 0.3) is 0 Å². The maximum absolute atomic E-state index is 12.7. The van der Waals surface area contributed by atoms with Crippen LogP contribution in [-0.2, 0) is 17.9 Å². The van der Waals surface area contributed by atoms with E-state index >= 15 is 0 Å². The van der Waals surface area contributed by atoms with Gasteiger partial charge in [-0.1, -0.05) is 23.7 Å². The van der Waals surface area contributed by atoms with Crippen LogP contribution in [-0.4, -0.2) is 57.0 Å². The van der Waals surface area contributed by atoms with Crippen molar-refractivity contribution in [3.63, 3.8) is 0 Å². The minimum Gasteiger partial charge on any atom is -0.355 e. The van der Waals surface area contributed by atoms with E-state index in [1.54, 1.807) is 33.7 Å². The van der Waals surface area contributed by atoms with Crippen molar-refractivity contribution >= 4 is 29.3 Å². The number of rotatable bonds is 5. The van der Waals surface area contributed by atoms with Gasteiger partial charge in [-0.2, -0.15) is 0 Å². The maximum atomic E-state index is 12.7.